The highest BCUT2D eigenvalue weighted by atomic mass is 32.2. The van der Waals surface area contributed by atoms with E-state index < -0.39 is 0 Å². The van der Waals surface area contributed by atoms with Crippen LogP contribution in [0, 0.1) is 11.3 Å². The number of hydrogen-bond acceptors (Lipinski definition) is 4. The van der Waals surface area contributed by atoms with Gasteiger partial charge in [-0.2, -0.15) is 5.26 Å². The fourth-order valence-corrected chi connectivity index (χ4v) is 2.39. The minimum atomic E-state index is 0.178. The van der Waals surface area contributed by atoms with Crippen LogP contribution in [0.5, 0.6) is 0 Å². The predicted molar refractivity (Wildman–Crippen MR) is 66.1 cm³/mol. The highest BCUT2D eigenvalue weighted by Crippen LogP contribution is 2.28. The number of aliphatic hydroxyl groups excluding tert-OH is 1. The molecule has 0 radical (unpaired) electrons. The van der Waals surface area contributed by atoms with Gasteiger partial charge in [-0.25, -0.2) is 0 Å². The van der Waals surface area contributed by atoms with Crippen molar-refractivity contribution in [2.45, 2.75) is 30.0 Å². The SMILES string of the molecule is CC(CCO)Sc1ccc(CN)cc1C#N. The summed E-state index contributed by atoms with van der Waals surface area (Å²) >= 11 is 1.62. The van der Waals surface area contributed by atoms with Gasteiger partial charge in [0, 0.05) is 23.3 Å². The minimum Gasteiger partial charge on any atom is -0.396 e. The van der Waals surface area contributed by atoms with Gasteiger partial charge in [0.15, 0.2) is 0 Å². The smallest absolute Gasteiger partial charge is 0.100 e. The first-order valence-electron chi connectivity index (χ1n) is 5.22. The molecule has 1 atom stereocenters. The molecule has 0 saturated heterocycles. The Labute approximate surface area is 100 Å². The standard InChI is InChI=1S/C12H16N2OS/c1-9(4-5-15)16-12-3-2-10(7-13)6-11(12)8-14/h2-3,6,9,15H,4-5,7,13H2,1H3. The zero-order valence-electron chi connectivity index (χ0n) is 9.31. The third-order valence-corrected chi connectivity index (χ3v) is 3.51. The summed E-state index contributed by atoms with van der Waals surface area (Å²) in [5.41, 5.74) is 7.16. The van der Waals surface area contributed by atoms with Crippen molar-refractivity contribution in [1.29, 1.82) is 5.26 Å². The normalized spacial score (nSPS) is 12.1. The Hall–Kier alpha value is -1.02. The zero-order valence-corrected chi connectivity index (χ0v) is 10.1. The van der Waals surface area contributed by atoms with E-state index in [0.29, 0.717) is 17.4 Å². The molecular formula is C12H16N2OS. The Balaban J connectivity index is 2.84. The van der Waals surface area contributed by atoms with Crippen LogP contribution in [0.25, 0.3) is 0 Å². The summed E-state index contributed by atoms with van der Waals surface area (Å²) in [6, 6.07) is 7.88. The first kappa shape index (κ1) is 13.0. The molecule has 0 aliphatic carbocycles. The second kappa shape index (κ2) is 6.54. The minimum absolute atomic E-state index is 0.178. The highest BCUT2D eigenvalue weighted by Gasteiger charge is 2.08. The van der Waals surface area contributed by atoms with E-state index in [2.05, 4.69) is 6.07 Å². The van der Waals surface area contributed by atoms with E-state index in [1.54, 1.807) is 11.8 Å². The molecule has 0 spiro atoms. The van der Waals surface area contributed by atoms with Gasteiger partial charge in [0.1, 0.15) is 6.07 Å². The number of nitrogens with two attached hydrogens (primary N) is 1. The topological polar surface area (TPSA) is 70.0 Å². The summed E-state index contributed by atoms with van der Waals surface area (Å²) in [6.07, 6.45) is 0.730. The summed E-state index contributed by atoms with van der Waals surface area (Å²) in [6.45, 7) is 2.67. The zero-order chi connectivity index (χ0) is 12.0. The Morgan fingerprint density at radius 1 is 1.56 bits per heavy atom. The Bertz CT molecular complexity index is 387. The highest BCUT2D eigenvalue weighted by molar-refractivity contribution is 8.00. The molecule has 1 unspecified atom stereocenters. The van der Waals surface area contributed by atoms with Crippen LogP contribution in [0.2, 0.25) is 0 Å². The molecule has 86 valence electrons. The molecule has 1 aromatic rings. The van der Waals surface area contributed by atoms with Gasteiger partial charge < -0.3 is 10.8 Å². The molecule has 1 aromatic carbocycles. The van der Waals surface area contributed by atoms with Crippen molar-refractivity contribution >= 4 is 11.8 Å². The van der Waals surface area contributed by atoms with Gasteiger partial charge in [-0.1, -0.05) is 13.0 Å². The van der Waals surface area contributed by atoms with Gasteiger partial charge in [0.25, 0.3) is 0 Å². The largest absolute Gasteiger partial charge is 0.396 e. The summed E-state index contributed by atoms with van der Waals surface area (Å²) in [7, 11) is 0. The van der Waals surface area contributed by atoms with Gasteiger partial charge in [0.2, 0.25) is 0 Å². The fourth-order valence-electron chi connectivity index (χ4n) is 1.35. The maximum absolute atomic E-state index is 9.03. The molecule has 0 aromatic heterocycles. The number of nitriles is 1. The van der Waals surface area contributed by atoms with Crippen LogP contribution < -0.4 is 5.73 Å². The molecule has 1 rings (SSSR count). The number of aliphatic hydroxyl groups is 1. The summed E-state index contributed by atoms with van der Waals surface area (Å²) in [5, 5.41) is 18.2. The van der Waals surface area contributed by atoms with Crippen molar-refractivity contribution in [3.63, 3.8) is 0 Å². The molecule has 3 N–H and O–H groups in total. The van der Waals surface area contributed by atoms with Crippen LogP contribution in [-0.2, 0) is 6.54 Å². The summed E-state index contributed by atoms with van der Waals surface area (Å²) in [4.78, 5) is 0.959. The van der Waals surface area contributed by atoms with E-state index >= 15 is 0 Å². The second-order valence-electron chi connectivity index (χ2n) is 3.59. The van der Waals surface area contributed by atoms with E-state index in [0.717, 1.165) is 16.9 Å². The van der Waals surface area contributed by atoms with Crippen LogP contribution in [0.1, 0.15) is 24.5 Å². The van der Waals surface area contributed by atoms with Crippen LogP contribution in [0.15, 0.2) is 23.1 Å². The maximum Gasteiger partial charge on any atom is 0.100 e. The Kier molecular flexibility index (Phi) is 5.33. The third kappa shape index (κ3) is 3.53. The average molecular weight is 236 g/mol. The van der Waals surface area contributed by atoms with E-state index in [1.807, 2.05) is 25.1 Å². The van der Waals surface area contributed by atoms with Crippen molar-refractivity contribution in [3.8, 4) is 6.07 Å². The fraction of sp³-hybridized carbons (Fsp3) is 0.417. The second-order valence-corrected chi connectivity index (χ2v) is 5.07. The van der Waals surface area contributed by atoms with E-state index in [4.69, 9.17) is 16.1 Å². The number of hydrogen-bond donors (Lipinski definition) is 2. The Morgan fingerprint density at radius 2 is 2.31 bits per heavy atom. The first-order chi connectivity index (χ1) is 7.71. The van der Waals surface area contributed by atoms with Crippen LogP contribution >= 0.6 is 11.8 Å². The van der Waals surface area contributed by atoms with Gasteiger partial charge >= 0.3 is 0 Å². The lowest BCUT2D eigenvalue weighted by Crippen LogP contribution is -2.01. The monoisotopic (exact) mass is 236 g/mol. The lowest BCUT2D eigenvalue weighted by atomic mass is 10.1. The van der Waals surface area contributed by atoms with Crippen molar-refractivity contribution in [1.82, 2.24) is 0 Å². The average Bonchev–Trinajstić information content (AvgIpc) is 2.30. The predicted octanol–water partition coefficient (Wildman–Crippen LogP) is 1.88. The molecular weight excluding hydrogens is 220 g/mol. The molecule has 0 amide bonds. The van der Waals surface area contributed by atoms with Crippen molar-refractivity contribution in [2.24, 2.45) is 5.73 Å². The van der Waals surface area contributed by atoms with Crippen LogP contribution in [-0.4, -0.2) is 17.0 Å². The van der Waals surface area contributed by atoms with Gasteiger partial charge in [-0.05, 0) is 24.1 Å². The van der Waals surface area contributed by atoms with Gasteiger partial charge in [0.05, 0.1) is 5.56 Å². The number of benzene rings is 1. The molecule has 0 aliphatic heterocycles. The molecule has 4 heteroatoms. The molecule has 0 aliphatic rings. The van der Waals surface area contributed by atoms with Crippen molar-refractivity contribution in [2.75, 3.05) is 6.61 Å². The van der Waals surface area contributed by atoms with E-state index in [1.165, 1.54) is 0 Å². The number of nitrogens with zero attached hydrogens (tertiary/aromatic N) is 1. The molecule has 0 fully saturated rings. The molecule has 0 heterocycles. The van der Waals surface area contributed by atoms with Crippen LogP contribution in [0.4, 0.5) is 0 Å². The maximum atomic E-state index is 9.03. The van der Waals surface area contributed by atoms with E-state index in [9.17, 15) is 0 Å². The molecule has 16 heavy (non-hydrogen) atoms. The van der Waals surface area contributed by atoms with Gasteiger partial charge in [-0.15, -0.1) is 11.8 Å². The molecule has 3 nitrogen and oxygen atoms in total. The quantitative estimate of drug-likeness (QED) is 0.766. The summed E-state index contributed by atoms with van der Waals surface area (Å²) in [5.74, 6) is 0. The van der Waals surface area contributed by atoms with Gasteiger partial charge in [-0.3, -0.25) is 0 Å². The third-order valence-electron chi connectivity index (χ3n) is 2.26. The molecule has 0 saturated carbocycles. The van der Waals surface area contributed by atoms with Crippen LogP contribution in [0.3, 0.4) is 0 Å². The lowest BCUT2D eigenvalue weighted by molar-refractivity contribution is 0.289. The molecule has 0 bridgehead atoms. The van der Waals surface area contributed by atoms with Crippen molar-refractivity contribution < 1.29 is 5.11 Å². The lowest BCUT2D eigenvalue weighted by Gasteiger charge is -2.11. The van der Waals surface area contributed by atoms with Crippen molar-refractivity contribution in [3.05, 3.63) is 29.3 Å². The number of rotatable bonds is 5. The summed E-state index contributed by atoms with van der Waals surface area (Å²) < 4.78 is 0. The first-order valence-corrected chi connectivity index (χ1v) is 6.09. The Morgan fingerprint density at radius 3 is 2.88 bits per heavy atom. The number of thioether (sulfide) groups is 1. The van der Waals surface area contributed by atoms with E-state index in [-0.39, 0.29) is 6.61 Å².